The average Bonchev–Trinajstić information content (AvgIpc) is 2.81. The number of hydrogen-bond donors (Lipinski definition) is 0. The predicted octanol–water partition coefficient (Wildman–Crippen LogP) is 5.39. The molecule has 0 bridgehead atoms. The third-order valence-electron chi connectivity index (χ3n) is 5.62. The molecule has 0 unspecified atom stereocenters. The molecule has 0 radical (unpaired) electrons. The number of ether oxygens (including phenoxy) is 2. The molecule has 164 valence electrons. The molecule has 6 heteroatoms. The van der Waals surface area contributed by atoms with Crippen molar-refractivity contribution < 1.29 is 13.9 Å². The molecule has 4 aromatic rings. The van der Waals surface area contributed by atoms with Crippen molar-refractivity contribution in [1.29, 1.82) is 0 Å². The first kappa shape index (κ1) is 21.6. The number of aromatic nitrogens is 2. The van der Waals surface area contributed by atoms with Crippen molar-refractivity contribution in [2.75, 3.05) is 14.2 Å². The highest BCUT2D eigenvalue weighted by molar-refractivity contribution is 5.94. The first-order valence-corrected chi connectivity index (χ1v) is 10.4. The van der Waals surface area contributed by atoms with Gasteiger partial charge in [0.05, 0.1) is 32.0 Å². The van der Waals surface area contributed by atoms with Gasteiger partial charge in [-0.3, -0.25) is 4.57 Å². The fourth-order valence-electron chi connectivity index (χ4n) is 3.80. The first-order chi connectivity index (χ1) is 15.4. The molecule has 5 nitrogen and oxygen atoms in total. The molecule has 0 atom stereocenters. The Morgan fingerprint density at radius 3 is 2.25 bits per heavy atom. The third kappa shape index (κ3) is 3.96. The maximum Gasteiger partial charge on any atom is 0.348 e. The lowest BCUT2D eigenvalue weighted by Gasteiger charge is -2.16. The van der Waals surface area contributed by atoms with Crippen LogP contribution in [0.15, 0.2) is 65.5 Å². The van der Waals surface area contributed by atoms with Gasteiger partial charge in [-0.15, -0.1) is 0 Å². The number of halogens is 1. The molecule has 0 spiro atoms. The van der Waals surface area contributed by atoms with Crippen molar-refractivity contribution in [3.63, 3.8) is 0 Å². The van der Waals surface area contributed by atoms with E-state index in [2.05, 4.69) is 18.8 Å². The number of nitrogens with zero attached hydrogens (tertiary/aromatic N) is 2. The molecule has 0 aliphatic rings. The van der Waals surface area contributed by atoms with Crippen molar-refractivity contribution >= 4 is 10.9 Å². The lowest BCUT2D eigenvalue weighted by Crippen LogP contribution is -2.25. The Morgan fingerprint density at radius 1 is 0.969 bits per heavy atom. The Morgan fingerprint density at radius 2 is 1.62 bits per heavy atom. The van der Waals surface area contributed by atoms with Crippen molar-refractivity contribution in [2.24, 2.45) is 0 Å². The Balaban J connectivity index is 1.98. The van der Waals surface area contributed by atoms with Crippen molar-refractivity contribution in [3.8, 4) is 22.8 Å². The summed E-state index contributed by atoms with van der Waals surface area (Å²) in [7, 11) is 3.10. The largest absolute Gasteiger partial charge is 0.493 e. The summed E-state index contributed by atoms with van der Waals surface area (Å²) in [5.74, 6) is 1.03. The summed E-state index contributed by atoms with van der Waals surface area (Å²) in [6, 6.07) is 18.0. The highest BCUT2D eigenvalue weighted by Crippen LogP contribution is 2.36. The second kappa shape index (κ2) is 8.83. The monoisotopic (exact) mass is 432 g/mol. The van der Waals surface area contributed by atoms with Crippen molar-refractivity contribution in [1.82, 2.24) is 9.55 Å². The Hall–Kier alpha value is -3.67. The lowest BCUT2D eigenvalue weighted by atomic mass is 9.99. The van der Waals surface area contributed by atoms with Gasteiger partial charge in [-0.1, -0.05) is 56.3 Å². The van der Waals surface area contributed by atoms with Gasteiger partial charge < -0.3 is 9.47 Å². The van der Waals surface area contributed by atoms with Crippen LogP contribution in [0.5, 0.6) is 11.5 Å². The Labute approximate surface area is 186 Å². The van der Waals surface area contributed by atoms with Crippen LogP contribution in [0, 0.1) is 5.82 Å². The van der Waals surface area contributed by atoms with Crippen LogP contribution in [0.4, 0.5) is 4.39 Å². The molecule has 32 heavy (non-hydrogen) atoms. The van der Waals surface area contributed by atoms with Gasteiger partial charge in [0.15, 0.2) is 11.5 Å². The van der Waals surface area contributed by atoms with E-state index < -0.39 is 5.69 Å². The third-order valence-corrected chi connectivity index (χ3v) is 5.62. The summed E-state index contributed by atoms with van der Waals surface area (Å²) in [6.07, 6.45) is 0. The topological polar surface area (TPSA) is 53.3 Å². The van der Waals surface area contributed by atoms with Crippen LogP contribution in [-0.2, 0) is 6.54 Å². The molecule has 0 aliphatic carbocycles. The molecule has 0 N–H and O–H groups in total. The summed E-state index contributed by atoms with van der Waals surface area (Å²) >= 11 is 0. The minimum Gasteiger partial charge on any atom is -0.493 e. The van der Waals surface area contributed by atoms with E-state index in [4.69, 9.17) is 9.47 Å². The van der Waals surface area contributed by atoms with E-state index in [1.807, 2.05) is 30.3 Å². The number of rotatable bonds is 6. The van der Waals surface area contributed by atoms with Gasteiger partial charge >= 0.3 is 5.69 Å². The molecule has 1 heterocycles. The average molecular weight is 432 g/mol. The summed E-state index contributed by atoms with van der Waals surface area (Å²) in [5, 5.41) is 0.718. The van der Waals surface area contributed by atoms with Crippen LogP contribution in [-0.4, -0.2) is 23.8 Å². The second-order valence-corrected chi connectivity index (χ2v) is 7.92. The highest BCUT2D eigenvalue weighted by atomic mass is 19.1. The van der Waals surface area contributed by atoms with E-state index in [0.29, 0.717) is 34.2 Å². The molecule has 0 aliphatic heterocycles. The maximum atomic E-state index is 14.3. The molecule has 1 aromatic heterocycles. The van der Waals surface area contributed by atoms with Crippen LogP contribution in [0.25, 0.3) is 22.2 Å². The minimum absolute atomic E-state index is 0.0526. The van der Waals surface area contributed by atoms with Gasteiger partial charge in [0.1, 0.15) is 5.82 Å². The maximum absolute atomic E-state index is 14.3. The van der Waals surface area contributed by atoms with Crippen LogP contribution in [0.3, 0.4) is 0 Å². The van der Waals surface area contributed by atoms with E-state index in [-0.39, 0.29) is 12.4 Å². The molecule has 4 rings (SSSR count). The number of methoxy groups -OCH3 is 2. The van der Waals surface area contributed by atoms with E-state index in [9.17, 15) is 9.18 Å². The molecule has 0 saturated carbocycles. The van der Waals surface area contributed by atoms with Gasteiger partial charge in [0.25, 0.3) is 0 Å². The van der Waals surface area contributed by atoms with Crippen molar-refractivity contribution in [3.05, 3.63) is 88.1 Å². The van der Waals surface area contributed by atoms with Crippen LogP contribution in [0.1, 0.15) is 30.9 Å². The van der Waals surface area contributed by atoms with Gasteiger partial charge in [0.2, 0.25) is 0 Å². The van der Waals surface area contributed by atoms with Crippen molar-refractivity contribution in [2.45, 2.75) is 26.3 Å². The van der Waals surface area contributed by atoms with Crippen LogP contribution >= 0.6 is 0 Å². The number of fused-ring (bicyclic) bond motifs is 1. The molecular formula is C26H25FN2O3. The van der Waals surface area contributed by atoms with E-state index in [1.54, 1.807) is 31.4 Å². The molecule has 3 aromatic carbocycles. The zero-order valence-electron chi connectivity index (χ0n) is 18.6. The minimum atomic E-state index is -0.462. The number of benzene rings is 3. The quantitative estimate of drug-likeness (QED) is 0.410. The predicted molar refractivity (Wildman–Crippen MR) is 124 cm³/mol. The molecule has 0 fully saturated rings. The smallest absolute Gasteiger partial charge is 0.348 e. The molecule has 0 saturated heterocycles. The van der Waals surface area contributed by atoms with E-state index in [0.717, 1.165) is 10.9 Å². The molecular weight excluding hydrogens is 407 g/mol. The van der Waals surface area contributed by atoms with Gasteiger partial charge in [0, 0.05) is 22.6 Å². The van der Waals surface area contributed by atoms with Gasteiger partial charge in [-0.2, -0.15) is 4.98 Å². The highest BCUT2D eigenvalue weighted by Gasteiger charge is 2.17. The van der Waals surface area contributed by atoms with Gasteiger partial charge in [-0.25, -0.2) is 9.18 Å². The summed E-state index contributed by atoms with van der Waals surface area (Å²) in [6.45, 7) is 4.31. The lowest BCUT2D eigenvalue weighted by molar-refractivity contribution is 0.355. The van der Waals surface area contributed by atoms with E-state index in [1.165, 1.54) is 23.3 Å². The fourth-order valence-corrected chi connectivity index (χ4v) is 3.80. The Kier molecular flexibility index (Phi) is 5.95. The zero-order chi connectivity index (χ0) is 22.8. The zero-order valence-corrected chi connectivity index (χ0v) is 18.6. The van der Waals surface area contributed by atoms with Gasteiger partial charge in [-0.05, 0) is 23.6 Å². The first-order valence-electron chi connectivity index (χ1n) is 10.4. The Bertz CT molecular complexity index is 1330. The second-order valence-electron chi connectivity index (χ2n) is 7.92. The fraction of sp³-hybridized carbons (Fsp3) is 0.231. The number of hydrogen-bond acceptors (Lipinski definition) is 4. The standard InChI is InChI=1S/C26H25FN2O3/c1-16(2)17-9-11-18(12-10-17)25-20-13-23(31-3)24(32-4)14-22(20)29(26(30)28-25)15-19-7-5-6-8-21(19)27/h5-14,16H,15H2,1-4H3. The van der Waals surface area contributed by atoms with E-state index >= 15 is 0 Å². The summed E-state index contributed by atoms with van der Waals surface area (Å²) in [4.78, 5) is 17.5. The SMILES string of the molecule is COc1cc2c(-c3ccc(C(C)C)cc3)nc(=O)n(Cc3ccccc3F)c2cc1OC. The molecule has 0 amide bonds. The van der Waals surface area contributed by atoms with Crippen LogP contribution in [0.2, 0.25) is 0 Å². The summed E-state index contributed by atoms with van der Waals surface area (Å²) < 4.78 is 26.8. The van der Waals surface area contributed by atoms with Crippen LogP contribution < -0.4 is 15.2 Å². The summed E-state index contributed by atoms with van der Waals surface area (Å²) in [5.41, 5.74) is 3.10. The normalized spacial score (nSPS) is 11.2.